The number of ether oxygens (including phenoxy) is 1. The predicted octanol–water partition coefficient (Wildman–Crippen LogP) is 2.64. The Bertz CT molecular complexity index is 612. The molecule has 0 spiro atoms. The van der Waals surface area contributed by atoms with Crippen molar-refractivity contribution in [2.45, 2.75) is 12.8 Å². The number of carboxylic acid groups (broad SMARTS) is 1. The van der Waals surface area contributed by atoms with Gasteiger partial charge < -0.3 is 15.2 Å². The molecule has 0 aliphatic carbocycles. The lowest BCUT2D eigenvalue weighted by Crippen LogP contribution is -2.12. The molecule has 2 aromatic rings. The molecule has 2 rings (SSSR count). The molecule has 1 amide bonds. The van der Waals surface area contributed by atoms with E-state index in [2.05, 4.69) is 10.3 Å². The molecule has 0 fully saturated rings. The number of nitrogens with one attached hydrogen (secondary N) is 1. The number of nitrogens with zero attached hydrogens (tertiary/aromatic N) is 1. The van der Waals surface area contributed by atoms with Crippen LogP contribution in [0.1, 0.15) is 22.5 Å². The normalized spacial score (nSPS) is 10.1. The maximum atomic E-state index is 11.7. The topological polar surface area (TPSA) is 88.5 Å². The number of amides is 1. The Hall–Kier alpha value is -2.41. The second-order valence-electron chi connectivity index (χ2n) is 4.15. The number of hydrogen-bond donors (Lipinski definition) is 2. The monoisotopic (exact) mass is 306 g/mol. The second-order valence-corrected chi connectivity index (χ2v) is 5.18. The van der Waals surface area contributed by atoms with E-state index in [0.29, 0.717) is 18.2 Å². The minimum atomic E-state index is -1.05. The molecule has 0 saturated heterocycles. The molecule has 0 aliphatic rings. The summed E-state index contributed by atoms with van der Waals surface area (Å²) in [4.78, 5) is 26.3. The van der Waals surface area contributed by atoms with Gasteiger partial charge in [0.2, 0.25) is 5.91 Å². The Kier molecular flexibility index (Phi) is 5.28. The number of aromatic nitrogens is 1. The van der Waals surface area contributed by atoms with E-state index < -0.39 is 5.97 Å². The van der Waals surface area contributed by atoms with E-state index in [9.17, 15) is 9.59 Å². The van der Waals surface area contributed by atoms with Gasteiger partial charge in [-0.3, -0.25) is 4.79 Å². The van der Waals surface area contributed by atoms with Crippen LogP contribution in [0.5, 0.6) is 5.75 Å². The van der Waals surface area contributed by atoms with Crippen LogP contribution in [0, 0.1) is 0 Å². The van der Waals surface area contributed by atoms with Crippen LogP contribution in [-0.2, 0) is 4.79 Å². The van der Waals surface area contributed by atoms with E-state index in [4.69, 9.17) is 9.84 Å². The minimum absolute atomic E-state index is 0.0951. The van der Waals surface area contributed by atoms with Gasteiger partial charge in [-0.15, -0.1) is 0 Å². The Labute approximate surface area is 125 Å². The largest absolute Gasteiger partial charge is 0.494 e. The van der Waals surface area contributed by atoms with Crippen LogP contribution in [0.2, 0.25) is 0 Å². The molecule has 1 aromatic carbocycles. The highest BCUT2D eigenvalue weighted by molar-refractivity contribution is 7.17. The molecule has 110 valence electrons. The van der Waals surface area contributed by atoms with Gasteiger partial charge in [-0.25, -0.2) is 9.78 Å². The van der Waals surface area contributed by atoms with Gasteiger partial charge >= 0.3 is 5.97 Å². The quantitative estimate of drug-likeness (QED) is 0.768. The molecule has 6 nitrogen and oxygen atoms in total. The summed E-state index contributed by atoms with van der Waals surface area (Å²) < 4.78 is 5.47. The molecule has 21 heavy (non-hydrogen) atoms. The predicted molar refractivity (Wildman–Crippen MR) is 78.9 cm³/mol. The zero-order valence-electron chi connectivity index (χ0n) is 11.1. The van der Waals surface area contributed by atoms with Gasteiger partial charge in [-0.2, -0.15) is 0 Å². The fourth-order valence-electron chi connectivity index (χ4n) is 1.55. The molecule has 2 N–H and O–H groups in total. The van der Waals surface area contributed by atoms with Gasteiger partial charge in [0.1, 0.15) is 10.6 Å². The van der Waals surface area contributed by atoms with E-state index in [1.165, 1.54) is 6.20 Å². The van der Waals surface area contributed by atoms with Crippen molar-refractivity contribution in [2.24, 2.45) is 0 Å². The number of thiazole rings is 1. The van der Waals surface area contributed by atoms with Crippen molar-refractivity contribution in [2.75, 3.05) is 11.9 Å². The molecule has 1 aromatic heterocycles. The van der Waals surface area contributed by atoms with Crippen LogP contribution in [0.25, 0.3) is 0 Å². The van der Waals surface area contributed by atoms with Crippen molar-refractivity contribution in [3.05, 3.63) is 41.4 Å². The van der Waals surface area contributed by atoms with Crippen molar-refractivity contribution in [1.82, 2.24) is 4.98 Å². The lowest BCUT2D eigenvalue weighted by atomic mass is 10.3. The van der Waals surface area contributed by atoms with E-state index in [0.717, 1.165) is 17.1 Å². The average molecular weight is 306 g/mol. The summed E-state index contributed by atoms with van der Waals surface area (Å²) >= 11 is 0.932. The van der Waals surface area contributed by atoms with Gasteiger partial charge in [-0.1, -0.05) is 29.5 Å². The highest BCUT2D eigenvalue weighted by Crippen LogP contribution is 2.18. The summed E-state index contributed by atoms with van der Waals surface area (Å²) in [5, 5.41) is 11.6. The van der Waals surface area contributed by atoms with Gasteiger partial charge in [0.25, 0.3) is 0 Å². The number of para-hydroxylation sites is 1. The van der Waals surface area contributed by atoms with Crippen LogP contribution in [-0.4, -0.2) is 28.6 Å². The fourth-order valence-corrected chi connectivity index (χ4v) is 2.22. The number of aromatic carboxylic acids is 1. The number of anilines is 1. The van der Waals surface area contributed by atoms with Gasteiger partial charge in [-0.05, 0) is 18.6 Å². The summed E-state index contributed by atoms with van der Waals surface area (Å²) in [5.41, 5.74) is 0. The van der Waals surface area contributed by atoms with Crippen molar-refractivity contribution >= 4 is 28.3 Å². The van der Waals surface area contributed by atoms with Crippen LogP contribution < -0.4 is 10.1 Å². The third-order valence-electron chi connectivity index (χ3n) is 2.52. The number of carbonyl (C=O) groups is 2. The Morgan fingerprint density at radius 3 is 2.71 bits per heavy atom. The maximum Gasteiger partial charge on any atom is 0.347 e. The molecule has 1 heterocycles. The Morgan fingerprint density at radius 2 is 2.05 bits per heavy atom. The number of hydrogen-bond acceptors (Lipinski definition) is 5. The maximum absolute atomic E-state index is 11.7. The number of carboxylic acids is 1. The zero-order chi connectivity index (χ0) is 15.1. The molecule has 0 unspecified atom stereocenters. The molecule has 0 aliphatic heterocycles. The standard InChI is InChI=1S/C14H14N2O4S/c17-12(16-14-15-9-11(21-14)13(18)19)7-4-8-20-10-5-2-1-3-6-10/h1-3,5-6,9H,4,7-8H2,(H,18,19)(H,15,16,17). The van der Waals surface area contributed by atoms with Crippen molar-refractivity contribution in [1.29, 1.82) is 0 Å². The number of rotatable bonds is 7. The average Bonchev–Trinajstić information content (AvgIpc) is 2.93. The highest BCUT2D eigenvalue weighted by atomic mass is 32.1. The summed E-state index contributed by atoms with van der Waals surface area (Å²) in [6, 6.07) is 9.36. The third-order valence-corrected chi connectivity index (χ3v) is 3.42. The number of benzene rings is 1. The number of carbonyl (C=O) groups excluding carboxylic acids is 1. The first-order chi connectivity index (χ1) is 10.1. The lowest BCUT2D eigenvalue weighted by molar-refractivity contribution is -0.116. The highest BCUT2D eigenvalue weighted by Gasteiger charge is 2.10. The van der Waals surface area contributed by atoms with Gasteiger partial charge in [0.05, 0.1) is 12.8 Å². The van der Waals surface area contributed by atoms with Gasteiger partial charge in [0, 0.05) is 6.42 Å². The first-order valence-electron chi connectivity index (χ1n) is 6.32. The third kappa shape index (κ3) is 4.88. The summed E-state index contributed by atoms with van der Waals surface area (Å²) in [7, 11) is 0. The van der Waals surface area contributed by atoms with E-state index in [1.807, 2.05) is 30.3 Å². The summed E-state index contributed by atoms with van der Waals surface area (Å²) in [6.45, 7) is 0.440. The van der Waals surface area contributed by atoms with E-state index >= 15 is 0 Å². The summed E-state index contributed by atoms with van der Waals surface area (Å²) in [5.74, 6) is -0.494. The Morgan fingerprint density at radius 1 is 1.29 bits per heavy atom. The lowest BCUT2D eigenvalue weighted by Gasteiger charge is -2.05. The molecular weight excluding hydrogens is 292 g/mol. The van der Waals surface area contributed by atoms with Crippen LogP contribution in [0.3, 0.4) is 0 Å². The molecule has 0 radical (unpaired) electrons. The van der Waals surface area contributed by atoms with Gasteiger partial charge in [0.15, 0.2) is 5.13 Å². The first-order valence-corrected chi connectivity index (χ1v) is 7.13. The van der Waals surface area contributed by atoms with E-state index in [-0.39, 0.29) is 17.2 Å². The molecule has 0 atom stereocenters. The molecule has 0 bridgehead atoms. The first kappa shape index (κ1) is 15.0. The smallest absolute Gasteiger partial charge is 0.347 e. The minimum Gasteiger partial charge on any atom is -0.494 e. The summed E-state index contributed by atoms with van der Waals surface area (Å²) in [6.07, 6.45) is 2.08. The fraction of sp³-hybridized carbons (Fsp3) is 0.214. The SMILES string of the molecule is O=C(CCCOc1ccccc1)Nc1ncc(C(=O)O)s1. The van der Waals surface area contributed by atoms with E-state index in [1.54, 1.807) is 0 Å². The van der Waals surface area contributed by atoms with Crippen LogP contribution in [0.15, 0.2) is 36.5 Å². The molecule has 0 saturated carbocycles. The Balaban J connectivity index is 1.68. The van der Waals surface area contributed by atoms with Crippen molar-refractivity contribution < 1.29 is 19.4 Å². The second kappa shape index (κ2) is 7.39. The molecule has 7 heteroatoms. The van der Waals surface area contributed by atoms with Crippen molar-refractivity contribution in [3.8, 4) is 5.75 Å². The molecular formula is C14H14N2O4S. The zero-order valence-corrected chi connectivity index (χ0v) is 11.9. The van der Waals surface area contributed by atoms with Crippen LogP contribution in [0.4, 0.5) is 5.13 Å². The van der Waals surface area contributed by atoms with Crippen LogP contribution >= 0.6 is 11.3 Å². The van der Waals surface area contributed by atoms with Crippen molar-refractivity contribution in [3.63, 3.8) is 0 Å².